The number of phenols is 1. The minimum absolute atomic E-state index is 0.172. The highest BCUT2D eigenvalue weighted by molar-refractivity contribution is 5.54. The summed E-state index contributed by atoms with van der Waals surface area (Å²) in [5, 5.41) is 22.5. The number of aromatic hydroxyl groups is 1. The number of hydrogen-bond donors (Lipinski definition) is 3. The van der Waals surface area contributed by atoms with Crippen LogP contribution in [0.1, 0.15) is 18.6 Å². The maximum atomic E-state index is 9.79. The fourth-order valence-electron chi connectivity index (χ4n) is 2.01. The largest absolute Gasteiger partial charge is 0.507 e. The molecule has 1 aromatic carbocycles. The Bertz CT molecular complexity index is 360. The Morgan fingerprint density at radius 2 is 2.00 bits per heavy atom. The van der Waals surface area contributed by atoms with Gasteiger partial charge in [0.1, 0.15) is 5.75 Å². The molecule has 1 saturated heterocycles. The van der Waals surface area contributed by atoms with Gasteiger partial charge in [0.15, 0.2) is 0 Å². The fraction of sp³-hybridized carbons (Fsp3) is 0.500. The van der Waals surface area contributed by atoms with Crippen LogP contribution in [0.4, 0.5) is 5.69 Å². The number of benzene rings is 1. The number of phenolic OH excluding ortho intramolecular Hbond substituents is 1. The molecule has 4 nitrogen and oxygen atoms in total. The molecule has 88 valence electrons. The number of rotatable bonds is 2. The van der Waals surface area contributed by atoms with Gasteiger partial charge in [-0.2, -0.15) is 0 Å². The maximum Gasteiger partial charge on any atom is 0.123 e. The van der Waals surface area contributed by atoms with Crippen LogP contribution in [-0.2, 0) is 0 Å². The third-order valence-electron chi connectivity index (χ3n) is 2.95. The van der Waals surface area contributed by atoms with E-state index in [0.717, 1.165) is 31.9 Å². The van der Waals surface area contributed by atoms with Crippen LogP contribution >= 0.6 is 0 Å². The van der Waals surface area contributed by atoms with Crippen LogP contribution in [0, 0.1) is 0 Å². The Kier molecular flexibility index (Phi) is 3.31. The molecule has 0 bridgehead atoms. The van der Waals surface area contributed by atoms with Crippen molar-refractivity contribution in [3.05, 3.63) is 23.8 Å². The lowest BCUT2D eigenvalue weighted by atomic mass is 10.1. The molecule has 0 spiro atoms. The molecule has 1 aromatic rings. The van der Waals surface area contributed by atoms with E-state index in [4.69, 9.17) is 0 Å². The summed E-state index contributed by atoms with van der Waals surface area (Å²) in [6, 6.07) is 5.47. The molecule has 3 N–H and O–H groups in total. The summed E-state index contributed by atoms with van der Waals surface area (Å²) in [4.78, 5) is 2.22. The van der Waals surface area contributed by atoms with Crippen LogP contribution in [0.15, 0.2) is 18.2 Å². The predicted octanol–water partition coefficient (Wildman–Crippen LogP) is 0.855. The van der Waals surface area contributed by atoms with E-state index >= 15 is 0 Å². The molecule has 1 fully saturated rings. The minimum atomic E-state index is -0.628. The van der Waals surface area contributed by atoms with Crippen molar-refractivity contribution < 1.29 is 10.2 Å². The van der Waals surface area contributed by atoms with E-state index in [1.807, 2.05) is 6.07 Å². The summed E-state index contributed by atoms with van der Waals surface area (Å²) < 4.78 is 0. The van der Waals surface area contributed by atoms with E-state index in [2.05, 4.69) is 10.2 Å². The molecular weight excluding hydrogens is 204 g/mol. The van der Waals surface area contributed by atoms with E-state index in [-0.39, 0.29) is 5.75 Å². The molecule has 1 unspecified atom stereocenters. The maximum absolute atomic E-state index is 9.79. The minimum Gasteiger partial charge on any atom is -0.507 e. The van der Waals surface area contributed by atoms with Gasteiger partial charge < -0.3 is 20.4 Å². The fourth-order valence-corrected chi connectivity index (χ4v) is 2.01. The third kappa shape index (κ3) is 2.28. The zero-order valence-corrected chi connectivity index (χ0v) is 9.48. The van der Waals surface area contributed by atoms with Crippen LogP contribution < -0.4 is 10.2 Å². The first-order valence-corrected chi connectivity index (χ1v) is 5.65. The van der Waals surface area contributed by atoms with Gasteiger partial charge >= 0.3 is 0 Å². The molecule has 0 aliphatic carbocycles. The number of piperazine rings is 1. The second-order valence-electron chi connectivity index (χ2n) is 4.16. The molecule has 0 saturated carbocycles. The highest BCUT2D eigenvalue weighted by Gasteiger charge is 2.13. The molecule has 1 heterocycles. The summed E-state index contributed by atoms with van der Waals surface area (Å²) >= 11 is 0. The van der Waals surface area contributed by atoms with E-state index < -0.39 is 6.10 Å². The standard InChI is InChI=1S/C12H18N2O2/c1-9(15)11-3-2-10(8-12(11)16)14-6-4-13-5-7-14/h2-3,8-9,13,15-16H,4-7H2,1H3. The molecule has 4 heteroatoms. The second kappa shape index (κ2) is 4.72. The summed E-state index contributed by atoms with van der Waals surface area (Å²) in [6.45, 7) is 5.50. The summed E-state index contributed by atoms with van der Waals surface area (Å²) in [5.41, 5.74) is 1.60. The van der Waals surface area contributed by atoms with Crippen molar-refractivity contribution in [3.63, 3.8) is 0 Å². The van der Waals surface area contributed by atoms with Gasteiger partial charge in [0.25, 0.3) is 0 Å². The number of aliphatic hydroxyl groups excluding tert-OH is 1. The van der Waals surface area contributed by atoms with Crippen LogP contribution in [-0.4, -0.2) is 36.4 Å². The zero-order valence-electron chi connectivity index (χ0n) is 9.48. The molecule has 2 rings (SSSR count). The highest BCUT2D eigenvalue weighted by atomic mass is 16.3. The van der Waals surface area contributed by atoms with Crippen molar-refractivity contribution in [3.8, 4) is 5.75 Å². The average Bonchev–Trinajstić information content (AvgIpc) is 2.29. The van der Waals surface area contributed by atoms with Crippen LogP contribution in [0.25, 0.3) is 0 Å². The number of hydrogen-bond acceptors (Lipinski definition) is 4. The molecule has 1 aliphatic rings. The van der Waals surface area contributed by atoms with Gasteiger partial charge in [0, 0.05) is 43.5 Å². The average molecular weight is 222 g/mol. The van der Waals surface area contributed by atoms with Crippen molar-refractivity contribution in [1.29, 1.82) is 0 Å². The third-order valence-corrected chi connectivity index (χ3v) is 2.95. The van der Waals surface area contributed by atoms with Crippen LogP contribution in [0.2, 0.25) is 0 Å². The molecule has 0 radical (unpaired) electrons. The van der Waals surface area contributed by atoms with Gasteiger partial charge in [-0.05, 0) is 13.0 Å². The number of nitrogens with zero attached hydrogens (tertiary/aromatic N) is 1. The Hall–Kier alpha value is -1.26. The lowest BCUT2D eigenvalue weighted by Gasteiger charge is -2.29. The normalized spacial score (nSPS) is 18.5. The van der Waals surface area contributed by atoms with Crippen molar-refractivity contribution in [1.82, 2.24) is 5.32 Å². The van der Waals surface area contributed by atoms with Gasteiger partial charge in [-0.25, -0.2) is 0 Å². The summed E-state index contributed by atoms with van der Waals surface area (Å²) in [5.74, 6) is 0.172. The van der Waals surface area contributed by atoms with E-state index in [9.17, 15) is 10.2 Å². The van der Waals surface area contributed by atoms with E-state index in [0.29, 0.717) is 5.56 Å². The smallest absolute Gasteiger partial charge is 0.123 e. The second-order valence-corrected chi connectivity index (χ2v) is 4.16. The van der Waals surface area contributed by atoms with Crippen molar-refractivity contribution in [2.45, 2.75) is 13.0 Å². The van der Waals surface area contributed by atoms with Crippen molar-refractivity contribution in [2.24, 2.45) is 0 Å². The Balaban J connectivity index is 2.19. The van der Waals surface area contributed by atoms with Gasteiger partial charge in [0.2, 0.25) is 0 Å². The van der Waals surface area contributed by atoms with Crippen molar-refractivity contribution >= 4 is 5.69 Å². The number of anilines is 1. The first-order valence-electron chi connectivity index (χ1n) is 5.65. The number of aliphatic hydroxyl groups is 1. The zero-order chi connectivity index (χ0) is 11.5. The summed E-state index contributed by atoms with van der Waals surface area (Å²) in [6.07, 6.45) is -0.628. The monoisotopic (exact) mass is 222 g/mol. The van der Waals surface area contributed by atoms with Gasteiger partial charge in [-0.3, -0.25) is 0 Å². The van der Waals surface area contributed by atoms with Gasteiger partial charge in [-0.15, -0.1) is 0 Å². The molecule has 1 atom stereocenters. The Labute approximate surface area is 95.5 Å². The number of nitrogens with one attached hydrogen (secondary N) is 1. The topological polar surface area (TPSA) is 55.7 Å². The molecule has 16 heavy (non-hydrogen) atoms. The summed E-state index contributed by atoms with van der Waals surface area (Å²) in [7, 11) is 0. The van der Waals surface area contributed by atoms with Crippen LogP contribution in [0.5, 0.6) is 5.75 Å². The van der Waals surface area contributed by atoms with Crippen molar-refractivity contribution in [2.75, 3.05) is 31.1 Å². The Morgan fingerprint density at radius 3 is 2.56 bits per heavy atom. The first-order chi connectivity index (χ1) is 7.68. The quantitative estimate of drug-likeness (QED) is 0.694. The van der Waals surface area contributed by atoms with E-state index in [1.54, 1.807) is 19.1 Å². The Morgan fingerprint density at radius 1 is 1.31 bits per heavy atom. The van der Waals surface area contributed by atoms with E-state index in [1.165, 1.54) is 0 Å². The predicted molar refractivity (Wildman–Crippen MR) is 63.8 cm³/mol. The molecular formula is C12H18N2O2. The molecule has 0 amide bonds. The lowest BCUT2D eigenvalue weighted by molar-refractivity contribution is 0.195. The van der Waals surface area contributed by atoms with Gasteiger partial charge in [-0.1, -0.05) is 6.07 Å². The SMILES string of the molecule is CC(O)c1ccc(N2CCNCC2)cc1O. The molecule has 1 aliphatic heterocycles. The van der Waals surface area contributed by atoms with Crippen LogP contribution in [0.3, 0.4) is 0 Å². The molecule has 0 aromatic heterocycles. The van der Waals surface area contributed by atoms with Gasteiger partial charge in [0.05, 0.1) is 6.10 Å². The lowest BCUT2D eigenvalue weighted by Crippen LogP contribution is -2.43. The first kappa shape index (κ1) is 11.2. The highest BCUT2D eigenvalue weighted by Crippen LogP contribution is 2.28.